The average Bonchev–Trinajstić information content (AvgIpc) is 2.51. The second kappa shape index (κ2) is 4.42. The van der Waals surface area contributed by atoms with Gasteiger partial charge in [-0.05, 0) is 0 Å². The summed E-state index contributed by atoms with van der Waals surface area (Å²) < 4.78 is 21.1. The fourth-order valence-corrected chi connectivity index (χ4v) is 2.31. The van der Waals surface area contributed by atoms with E-state index in [1.54, 1.807) is 0 Å². The summed E-state index contributed by atoms with van der Waals surface area (Å²) in [5.74, 6) is 0.773. The number of thiol groups is 1. The van der Waals surface area contributed by atoms with Crippen LogP contribution in [0.5, 0.6) is 0 Å². The zero-order valence-electron chi connectivity index (χ0n) is 6.02. The van der Waals surface area contributed by atoms with Crippen LogP contribution in [0.3, 0.4) is 0 Å². The van der Waals surface area contributed by atoms with E-state index in [1.807, 2.05) is 0 Å². The Hall–Kier alpha value is -0.620. The molecular formula is C6H6NO3S2. The highest BCUT2D eigenvalue weighted by atomic mass is 32.2. The smallest absolute Gasteiger partial charge is 0.227 e. The van der Waals surface area contributed by atoms with Crippen molar-refractivity contribution >= 4 is 33.8 Å². The molecule has 0 saturated heterocycles. The van der Waals surface area contributed by atoms with Crippen LogP contribution >= 0.6 is 11.8 Å². The summed E-state index contributed by atoms with van der Waals surface area (Å²) in [6, 6.07) is 0. The van der Waals surface area contributed by atoms with E-state index in [-0.39, 0.29) is 4.91 Å². The van der Waals surface area contributed by atoms with Gasteiger partial charge in [0.1, 0.15) is 5.04 Å². The van der Waals surface area contributed by atoms with Crippen molar-refractivity contribution in [2.24, 2.45) is 4.99 Å². The number of carbonyl (C=O) groups excluding carboxylic acids is 1. The summed E-state index contributed by atoms with van der Waals surface area (Å²) in [6.45, 7) is 0.610. The Kier molecular flexibility index (Phi) is 3.48. The molecule has 0 amide bonds. The van der Waals surface area contributed by atoms with Crippen molar-refractivity contribution in [3.8, 4) is 0 Å². The molecule has 65 valence electrons. The first kappa shape index (κ1) is 9.47. The lowest BCUT2D eigenvalue weighted by Crippen LogP contribution is -1.97. The average molecular weight is 204 g/mol. The van der Waals surface area contributed by atoms with E-state index in [4.69, 9.17) is 0 Å². The van der Waals surface area contributed by atoms with E-state index < -0.39 is 10.7 Å². The molecule has 1 aliphatic rings. The van der Waals surface area contributed by atoms with Gasteiger partial charge in [-0.2, -0.15) is 0 Å². The van der Waals surface area contributed by atoms with Gasteiger partial charge in [-0.15, -0.1) is 11.8 Å². The van der Waals surface area contributed by atoms with Crippen molar-refractivity contribution in [1.29, 1.82) is 0 Å². The van der Waals surface area contributed by atoms with Crippen LogP contribution in [0.4, 0.5) is 0 Å². The molecule has 1 rings (SSSR count). The van der Waals surface area contributed by atoms with Crippen LogP contribution in [0.15, 0.2) is 16.0 Å². The summed E-state index contributed by atoms with van der Waals surface area (Å²) >= 11 is 1.34. The maximum absolute atomic E-state index is 10.6. The molecule has 1 aliphatic heterocycles. The fourth-order valence-electron chi connectivity index (χ4n) is 0.738. The third-order valence-electron chi connectivity index (χ3n) is 1.20. The predicted octanol–water partition coefficient (Wildman–Crippen LogP) is -0.263. The molecule has 12 heavy (non-hydrogen) atoms. The van der Waals surface area contributed by atoms with Crippen molar-refractivity contribution in [3.05, 3.63) is 11.0 Å². The summed E-state index contributed by atoms with van der Waals surface area (Å²) in [5, 5.41) is 0.425. The van der Waals surface area contributed by atoms with Gasteiger partial charge < -0.3 is 0 Å². The van der Waals surface area contributed by atoms with E-state index in [0.717, 1.165) is 11.8 Å². The van der Waals surface area contributed by atoms with Crippen LogP contribution < -0.4 is 0 Å². The highest BCUT2D eigenvalue weighted by Crippen LogP contribution is 2.18. The Labute approximate surface area is 75.7 Å². The van der Waals surface area contributed by atoms with Crippen LogP contribution in [0.25, 0.3) is 0 Å². The first-order valence-corrected chi connectivity index (χ1v) is 5.32. The summed E-state index contributed by atoms with van der Waals surface area (Å²) in [5.41, 5.74) is 0. The van der Waals surface area contributed by atoms with Crippen molar-refractivity contribution in [1.82, 2.24) is 0 Å². The molecule has 0 aromatic carbocycles. The molecule has 0 aromatic rings. The molecule has 1 radical (unpaired) electrons. The van der Waals surface area contributed by atoms with Gasteiger partial charge in [0, 0.05) is 18.4 Å². The normalized spacial score (nSPS) is 18.1. The molecule has 0 bridgehead atoms. The third-order valence-corrected chi connectivity index (χ3v) is 3.09. The highest BCUT2D eigenvalue weighted by Gasteiger charge is 2.14. The van der Waals surface area contributed by atoms with Crippen molar-refractivity contribution in [3.63, 3.8) is 0 Å². The maximum Gasteiger partial charge on any atom is 0.227 e. The van der Waals surface area contributed by atoms with E-state index >= 15 is 0 Å². The van der Waals surface area contributed by atoms with Gasteiger partial charge in [-0.1, -0.05) is 0 Å². The largest absolute Gasteiger partial charge is 0.286 e. The first-order chi connectivity index (χ1) is 5.75. The number of nitrogens with zero attached hydrogens (tertiary/aromatic N) is 1. The number of thioether (sulfide) groups is 1. The molecule has 0 aromatic heterocycles. The lowest BCUT2D eigenvalue weighted by Gasteiger charge is -1.93. The standard InChI is InChI=1S/C6H6NO3S2/c8-3-1-5(12(9)10)6-7-2-4-11-6/h1,12H,2,4H2. The third kappa shape index (κ3) is 2.18. The van der Waals surface area contributed by atoms with Crippen molar-refractivity contribution < 1.29 is 13.2 Å². The Morgan fingerprint density at radius 2 is 2.42 bits per heavy atom. The zero-order chi connectivity index (χ0) is 8.97. The number of aliphatic imine (C=N–C) groups is 1. The van der Waals surface area contributed by atoms with E-state index in [0.29, 0.717) is 11.6 Å². The first-order valence-electron chi connectivity index (χ1n) is 3.15. The monoisotopic (exact) mass is 204 g/mol. The lowest BCUT2D eigenvalue weighted by atomic mass is 10.5. The van der Waals surface area contributed by atoms with Gasteiger partial charge in [-0.3, -0.25) is 9.79 Å². The quantitative estimate of drug-likeness (QED) is 0.508. The minimum atomic E-state index is -2.73. The van der Waals surface area contributed by atoms with Crippen molar-refractivity contribution in [2.75, 3.05) is 12.3 Å². The predicted molar refractivity (Wildman–Crippen MR) is 48.9 cm³/mol. The minimum absolute atomic E-state index is 0.0255. The lowest BCUT2D eigenvalue weighted by molar-refractivity contribution is 0.564. The fraction of sp³-hybridized carbons (Fsp3) is 0.333. The number of hydrogen-bond donors (Lipinski definition) is 1. The molecule has 4 nitrogen and oxygen atoms in total. The van der Waals surface area contributed by atoms with Crippen LogP contribution in [0, 0.1) is 0 Å². The SMILES string of the molecule is O=[C]C=C(C1=NCCS1)[SH](=O)=O. The van der Waals surface area contributed by atoms with E-state index in [9.17, 15) is 13.2 Å². The van der Waals surface area contributed by atoms with E-state index in [2.05, 4.69) is 4.99 Å². The van der Waals surface area contributed by atoms with Gasteiger partial charge in [0.2, 0.25) is 6.29 Å². The Balaban J connectivity index is 2.93. The molecule has 0 aliphatic carbocycles. The zero-order valence-corrected chi connectivity index (χ0v) is 7.73. The van der Waals surface area contributed by atoms with Gasteiger partial charge in [0.25, 0.3) is 0 Å². The maximum atomic E-state index is 10.6. The molecule has 6 heteroatoms. The number of rotatable bonds is 3. The topological polar surface area (TPSA) is 63.6 Å². The minimum Gasteiger partial charge on any atom is -0.286 e. The van der Waals surface area contributed by atoms with Gasteiger partial charge >= 0.3 is 0 Å². The summed E-state index contributed by atoms with van der Waals surface area (Å²) in [4.78, 5) is 13.8. The van der Waals surface area contributed by atoms with Crippen LogP contribution in [-0.4, -0.2) is 32.0 Å². The van der Waals surface area contributed by atoms with Gasteiger partial charge in [0.15, 0.2) is 10.7 Å². The Morgan fingerprint density at radius 3 is 2.83 bits per heavy atom. The second-order valence-electron chi connectivity index (χ2n) is 1.94. The van der Waals surface area contributed by atoms with E-state index in [1.165, 1.54) is 18.0 Å². The summed E-state index contributed by atoms with van der Waals surface area (Å²) in [7, 11) is -2.73. The molecule has 1 heterocycles. The molecule has 0 spiro atoms. The van der Waals surface area contributed by atoms with Gasteiger partial charge in [0.05, 0.1) is 4.91 Å². The highest BCUT2D eigenvalue weighted by molar-refractivity contribution is 8.15. The second-order valence-corrected chi connectivity index (χ2v) is 4.02. The van der Waals surface area contributed by atoms with Crippen LogP contribution in [0.2, 0.25) is 0 Å². The molecule has 0 unspecified atom stereocenters. The summed E-state index contributed by atoms with van der Waals surface area (Å²) in [6.07, 6.45) is 2.34. The number of hydrogen-bond acceptors (Lipinski definition) is 5. The van der Waals surface area contributed by atoms with Crippen molar-refractivity contribution in [2.45, 2.75) is 0 Å². The molecule has 0 atom stereocenters. The van der Waals surface area contributed by atoms with Crippen LogP contribution in [0.1, 0.15) is 0 Å². The Bertz CT molecular complexity index is 309. The van der Waals surface area contributed by atoms with Gasteiger partial charge in [-0.25, -0.2) is 8.42 Å². The molecule has 0 fully saturated rings. The number of allylic oxidation sites excluding steroid dienone is 1. The van der Waals surface area contributed by atoms with Crippen LogP contribution in [-0.2, 0) is 15.5 Å². The molecule has 0 saturated carbocycles. The molecular weight excluding hydrogens is 198 g/mol. The Morgan fingerprint density at radius 1 is 1.67 bits per heavy atom. The molecule has 0 N–H and O–H groups in total.